The van der Waals surface area contributed by atoms with Crippen molar-refractivity contribution in [2.45, 2.75) is 86.6 Å². The number of alkyl halides is 12. The van der Waals surface area contributed by atoms with Crippen LogP contribution in [0.5, 0.6) is 0 Å². The average Bonchev–Trinajstić information content (AvgIpc) is 2.99. The molecule has 0 saturated carbocycles. The van der Waals surface area contributed by atoms with Crippen molar-refractivity contribution < 1.29 is 82.7 Å². The van der Waals surface area contributed by atoms with Gasteiger partial charge in [-0.15, -0.1) is 0 Å². The van der Waals surface area contributed by atoms with Gasteiger partial charge in [0.15, 0.2) is 0 Å². The summed E-state index contributed by atoms with van der Waals surface area (Å²) in [6, 6.07) is 1.31. The van der Waals surface area contributed by atoms with Gasteiger partial charge in [-0.2, -0.15) is 52.7 Å². The van der Waals surface area contributed by atoms with Crippen molar-refractivity contribution >= 4 is 35.7 Å². The maximum Gasteiger partial charge on any atom is 0.418 e. The lowest BCUT2D eigenvalue weighted by molar-refractivity contribution is -0.164. The van der Waals surface area contributed by atoms with Crippen LogP contribution in [0.2, 0.25) is 0 Å². The highest BCUT2D eigenvalue weighted by atomic mass is 32.2. The zero-order valence-corrected chi connectivity index (χ0v) is 30.0. The maximum atomic E-state index is 14.5. The van der Waals surface area contributed by atoms with Gasteiger partial charge in [0, 0.05) is 48.1 Å². The summed E-state index contributed by atoms with van der Waals surface area (Å²) in [5.74, 6) is -2.29. The number of carbonyl (C=O) groups is 2. The van der Waals surface area contributed by atoms with Crippen molar-refractivity contribution in [1.29, 1.82) is 0 Å². The van der Waals surface area contributed by atoms with Gasteiger partial charge in [0.1, 0.15) is 0 Å². The first kappa shape index (κ1) is 47.4. The van der Waals surface area contributed by atoms with E-state index >= 15 is 0 Å². The molecule has 4 unspecified atom stereocenters. The molecule has 0 fully saturated rings. The van der Waals surface area contributed by atoms with E-state index in [1.807, 2.05) is 0 Å². The fourth-order valence-electron chi connectivity index (χ4n) is 5.26. The molecule has 0 radical (unpaired) electrons. The van der Waals surface area contributed by atoms with Crippen molar-refractivity contribution in [2.75, 3.05) is 26.2 Å². The van der Waals surface area contributed by atoms with E-state index in [9.17, 15) is 82.7 Å². The molecule has 0 aliphatic heterocycles. The molecule has 0 bridgehead atoms. The summed E-state index contributed by atoms with van der Waals surface area (Å²) in [6.45, 7) is 3.12. The molecule has 308 valence electrons. The summed E-state index contributed by atoms with van der Waals surface area (Å²) >= 11 is -0.691. The van der Waals surface area contributed by atoms with Gasteiger partial charge in [-0.1, -0.05) is 23.9 Å². The SMILES string of the molecule is CC(O)CN(CC(C)O)C(=O)/C=C/c1ccc(Sc2ccc(/C=C/C(=O)N(CC(C)O)CC(C)O)c(C(F)(F)F)c2C(F)(F)F)c(C(F)(F)F)c1C(F)(F)F. The summed E-state index contributed by atoms with van der Waals surface area (Å²) in [6.07, 6.45) is -27.1. The Kier molecular flexibility index (Phi) is 15.9. The minimum absolute atomic E-state index is 0.287. The topological polar surface area (TPSA) is 122 Å². The Bertz CT molecular complexity index is 1570. The largest absolute Gasteiger partial charge is 0.418 e. The van der Waals surface area contributed by atoms with Crippen LogP contribution >= 0.6 is 11.8 Å². The number of benzene rings is 2. The second kappa shape index (κ2) is 18.4. The third kappa shape index (κ3) is 13.7. The molecule has 8 nitrogen and oxygen atoms in total. The Morgan fingerprint density at radius 1 is 0.527 bits per heavy atom. The van der Waals surface area contributed by atoms with Crippen LogP contribution < -0.4 is 0 Å². The number of carbonyl (C=O) groups excluding carboxylic acids is 2. The van der Waals surface area contributed by atoms with E-state index < -0.39 is 142 Å². The van der Waals surface area contributed by atoms with Crippen molar-refractivity contribution in [3.8, 4) is 0 Å². The molecular formula is C34H36F12N2O6S. The lowest BCUT2D eigenvalue weighted by Gasteiger charge is -2.25. The smallest absolute Gasteiger partial charge is 0.392 e. The van der Waals surface area contributed by atoms with E-state index in [0.717, 1.165) is 9.80 Å². The van der Waals surface area contributed by atoms with Gasteiger partial charge >= 0.3 is 24.7 Å². The molecule has 2 amide bonds. The Morgan fingerprint density at radius 2 is 0.782 bits per heavy atom. The molecule has 0 aromatic heterocycles. The number of rotatable bonds is 14. The average molecular weight is 829 g/mol. The zero-order chi connectivity index (χ0) is 42.4. The van der Waals surface area contributed by atoms with Crippen LogP contribution in [0.3, 0.4) is 0 Å². The van der Waals surface area contributed by atoms with E-state index in [1.54, 1.807) is 0 Å². The number of nitrogens with zero attached hydrogens (tertiary/aromatic N) is 2. The lowest BCUT2D eigenvalue weighted by atomic mass is 9.99. The molecule has 4 atom stereocenters. The summed E-state index contributed by atoms with van der Waals surface area (Å²) < 4.78 is 173. The fraction of sp³-hybridized carbons (Fsp3) is 0.471. The summed E-state index contributed by atoms with van der Waals surface area (Å²) in [4.78, 5) is 23.7. The highest BCUT2D eigenvalue weighted by molar-refractivity contribution is 7.99. The monoisotopic (exact) mass is 828 g/mol. The van der Waals surface area contributed by atoms with Crippen molar-refractivity contribution in [2.24, 2.45) is 0 Å². The molecule has 2 aromatic carbocycles. The Hall–Kier alpha value is -3.79. The highest BCUT2D eigenvalue weighted by Gasteiger charge is 2.49. The minimum atomic E-state index is -5.98. The van der Waals surface area contributed by atoms with Crippen LogP contribution in [0.15, 0.2) is 46.2 Å². The van der Waals surface area contributed by atoms with Gasteiger partial charge < -0.3 is 30.2 Å². The quantitative estimate of drug-likeness (QED) is 0.118. The minimum Gasteiger partial charge on any atom is -0.392 e. The molecule has 2 aromatic rings. The first-order chi connectivity index (χ1) is 24.9. The third-order valence-corrected chi connectivity index (χ3v) is 8.25. The Labute approximate surface area is 310 Å². The fourth-order valence-corrected chi connectivity index (χ4v) is 6.41. The van der Waals surface area contributed by atoms with Gasteiger partial charge in [-0.05, 0) is 63.1 Å². The van der Waals surface area contributed by atoms with Crippen molar-refractivity contribution in [1.82, 2.24) is 9.80 Å². The number of hydrogen-bond donors (Lipinski definition) is 4. The van der Waals surface area contributed by atoms with Crippen LogP contribution in [0.4, 0.5) is 52.7 Å². The number of halogens is 12. The number of amides is 2. The van der Waals surface area contributed by atoms with Crippen LogP contribution in [-0.2, 0) is 34.3 Å². The molecule has 0 aliphatic carbocycles. The van der Waals surface area contributed by atoms with E-state index in [1.165, 1.54) is 27.7 Å². The Balaban J connectivity index is 2.87. The molecule has 0 heterocycles. The van der Waals surface area contributed by atoms with Crippen LogP contribution in [-0.4, -0.2) is 92.6 Å². The molecule has 4 N–H and O–H groups in total. The standard InChI is InChI=1S/C34H36F12N2O6S/c1-17(49)13-47(14-18(2)50)25(53)11-7-21-5-9-23(29(33(41,42)43)27(21)31(35,36)37)55-24-10-6-22(28(32(38,39)40)30(24)34(44,45)46)8-12-26(54)48(15-19(3)51)16-20(4)52/h5-12,17-20,49-52H,13-16H2,1-4H3/b11-7+,12-8+. The molecule has 21 heteroatoms. The molecule has 0 saturated heterocycles. The molecule has 55 heavy (non-hydrogen) atoms. The maximum absolute atomic E-state index is 14.5. The van der Waals surface area contributed by atoms with Crippen LogP contribution in [0.1, 0.15) is 61.1 Å². The number of hydrogen-bond acceptors (Lipinski definition) is 7. The second-order valence-electron chi connectivity index (χ2n) is 12.4. The first-order valence-electron chi connectivity index (χ1n) is 15.9. The predicted octanol–water partition coefficient (Wildman–Crippen LogP) is 7.12. The third-order valence-electron chi connectivity index (χ3n) is 7.13. The molecule has 0 aliphatic rings. The van der Waals surface area contributed by atoms with E-state index in [4.69, 9.17) is 0 Å². The second-order valence-corrected chi connectivity index (χ2v) is 13.5. The van der Waals surface area contributed by atoms with Crippen LogP contribution in [0, 0.1) is 0 Å². The normalized spacial score (nSPS) is 15.3. The molecule has 0 spiro atoms. The van der Waals surface area contributed by atoms with Crippen LogP contribution in [0.25, 0.3) is 12.2 Å². The zero-order valence-electron chi connectivity index (χ0n) is 29.2. The predicted molar refractivity (Wildman–Crippen MR) is 175 cm³/mol. The number of aliphatic hydroxyl groups is 4. The van der Waals surface area contributed by atoms with Gasteiger partial charge in [-0.25, -0.2) is 0 Å². The summed E-state index contributed by atoms with van der Waals surface area (Å²) in [5.41, 5.74) is -12.7. The lowest BCUT2D eigenvalue weighted by Crippen LogP contribution is -2.39. The van der Waals surface area contributed by atoms with Gasteiger partial charge in [0.25, 0.3) is 0 Å². The van der Waals surface area contributed by atoms with Gasteiger partial charge in [-0.3, -0.25) is 9.59 Å². The van der Waals surface area contributed by atoms with Gasteiger partial charge in [0.05, 0.1) is 46.7 Å². The van der Waals surface area contributed by atoms with Gasteiger partial charge in [0.2, 0.25) is 11.8 Å². The van der Waals surface area contributed by atoms with Crippen molar-refractivity contribution in [3.63, 3.8) is 0 Å². The van der Waals surface area contributed by atoms with E-state index in [2.05, 4.69) is 0 Å². The first-order valence-corrected chi connectivity index (χ1v) is 16.7. The summed E-state index contributed by atoms with van der Waals surface area (Å²) in [7, 11) is 0. The highest BCUT2D eigenvalue weighted by Crippen LogP contribution is 2.52. The molecule has 2 rings (SSSR count). The number of aliphatic hydroxyl groups excluding tert-OH is 4. The summed E-state index contributed by atoms with van der Waals surface area (Å²) in [5, 5.41) is 38.5. The molecular weight excluding hydrogens is 792 g/mol. The Morgan fingerprint density at radius 3 is 1.00 bits per heavy atom. The van der Waals surface area contributed by atoms with E-state index in [0.29, 0.717) is 36.4 Å². The van der Waals surface area contributed by atoms with Crippen molar-refractivity contribution in [3.05, 3.63) is 69.8 Å². The van der Waals surface area contributed by atoms with E-state index in [-0.39, 0.29) is 12.1 Å².